The van der Waals surface area contributed by atoms with E-state index in [1.165, 1.54) is 11.3 Å². The third-order valence-corrected chi connectivity index (χ3v) is 7.46. The molecule has 6 nitrogen and oxygen atoms in total. The highest BCUT2D eigenvalue weighted by atomic mass is 32.2. The average Bonchev–Trinajstić information content (AvgIpc) is 3.02. The fourth-order valence-electron chi connectivity index (χ4n) is 3.05. The molecule has 134 valence electrons. The van der Waals surface area contributed by atoms with Gasteiger partial charge in [-0.25, -0.2) is 13.4 Å². The van der Waals surface area contributed by atoms with Crippen LogP contribution in [0.5, 0.6) is 0 Å². The fourth-order valence-corrected chi connectivity index (χ4v) is 5.23. The number of carbonyl (C=O) groups is 1. The summed E-state index contributed by atoms with van der Waals surface area (Å²) in [6.45, 7) is 1.02. The first-order valence-corrected chi connectivity index (χ1v) is 10.8. The minimum absolute atomic E-state index is 0.278. The van der Waals surface area contributed by atoms with Gasteiger partial charge in [0.1, 0.15) is 0 Å². The molecule has 0 spiro atoms. The van der Waals surface area contributed by atoms with Crippen LogP contribution >= 0.6 is 11.3 Å². The largest absolute Gasteiger partial charge is 0.317 e. The number of sulfone groups is 1. The summed E-state index contributed by atoms with van der Waals surface area (Å²) in [4.78, 5) is 18.0. The van der Waals surface area contributed by atoms with Crippen LogP contribution in [0.2, 0.25) is 0 Å². The van der Waals surface area contributed by atoms with Crippen molar-refractivity contribution in [3.63, 3.8) is 0 Å². The van der Waals surface area contributed by atoms with E-state index >= 15 is 0 Å². The van der Waals surface area contributed by atoms with Gasteiger partial charge in [-0.1, -0.05) is 30.3 Å². The number of carbonyl (C=O) groups excluding carboxylic acids is 1. The van der Waals surface area contributed by atoms with E-state index in [-0.39, 0.29) is 12.8 Å². The molecular weight excluding hydrogens is 358 g/mol. The van der Waals surface area contributed by atoms with E-state index in [0.717, 1.165) is 23.1 Å². The van der Waals surface area contributed by atoms with Gasteiger partial charge in [0.25, 0.3) is 0 Å². The maximum absolute atomic E-state index is 12.8. The number of nitrogens with zero attached hydrogens (tertiary/aromatic N) is 1. The Morgan fingerprint density at radius 1 is 1.28 bits per heavy atom. The van der Waals surface area contributed by atoms with E-state index < -0.39 is 20.5 Å². The summed E-state index contributed by atoms with van der Waals surface area (Å²) in [7, 11) is -3.52. The van der Waals surface area contributed by atoms with Gasteiger partial charge in [-0.2, -0.15) is 0 Å². The van der Waals surface area contributed by atoms with Crippen molar-refractivity contribution in [2.24, 2.45) is 0 Å². The van der Waals surface area contributed by atoms with Gasteiger partial charge in [-0.15, -0.1) is 11.3 Å². The van der Waals surface area contributed by atoms with E-state index in [0.29, 0.717) is 18.2 Å². The van der Waals surface area contributed by atoms with E-state index in [1.54, 1.807) is 6.20 Å². The first kappa shape index (κ1) is 18.0. The summed E-state index contributed by atoms with van der Waals surface area (Å²) in [5.41, 5.74) is 1.16. The molecule has 1 fully saturated rings. The van der Waals surface area contributed by atoms with Crippen molar-refractivity contribution in [2.45, 2.75) is 24.0 Å². The molecule has 2 aromatic rings. The number of benzene rings is 1. The molecule has 1 aliphatic heterocycles. The number of piperidine rings is 1. The lowest BCUT2D eigenvalue weighted by atomic mass is 9.96. The van der Waals surface area contributed by atoms with E-state index in [2.05, 4.69) is 15.6 Å². The van der Waals surface area contributed by atoms with Crippen LogP contribution in [0.25, 0.3) is 0 Å². The van der Waals surface area contributed by atoms with E-state index in [4.69, 9.17) is 0 Å². The zero-order chi connectivity index (χ0) is 17.9. The van der Waals surface area contributed by atoms with Gasteiger partial charge in [0.15, 0.2) is 19.7 Å². The standard InChI is InChI=1S/C17H21N3O3S2/c1-25(22,23)17(7-9-18-10-8-17)15(21)20-16-19-12-14(24-16)11-13-5-3-2-4-6-13/h2-6,12,18H,7-11H2,1H3,(H,19,20,21). The van der Waals surface area contributed by atoms with Crippen LogP contribution in [0.15, 0.2) is 36.5 Å². The van der Waals surface area contributed by atoms with Crippen LogP contribution in [-0.2, 0) is 21.1 Å². The molecule has 1 amide bonds. The van der Waals surface area contributed by atoms with Crippen LogP contribution in [0.3, 0.4) is 0 Å². The first-order chi connectivity index (χ1) is 11.9. The van der Waals surface area contributed by atoms with Crippen molar-refractivity contribution in [3.05, 3.63) is 47.0 Å². The Hall–Kier alpha value is -1.77. The molecule has 1 aromatic heterocycles. The van der Waals surface area contributed by atoms with Gasteiger partial charge >= 0.3 is 0 Å². The summed E-state index contributed by atoms with van der Waals surface area (Å²) in [5, 5.41) is 6.27. The van der Waals surface area contributed by atoms with Gasteiger partial charge in [0.05, 0.1) is 0 Å². The number of anilines is 1. The summed E-state index contributed by atoms with van der Waals surface area (Å²) >= 11 is 1.38. The molecule has 0 aliphatic carbocycles. The van der Waals surface area contributed by atoms with Gasteiger partial charge in [-0.05, 0) is 31.5 Å². The third kappa shape index (κ3) is 3.91. The summed E-state index contributed by atoms with van der Waals surface area (Å²) < 4.78 is 23.2. The van der Waals surface area contributed by atoms with Gasteiger partial charge in [0.2, 0.25) is 5.91 Å². The van der Waals surface area contributed by atoms with Crippen LogP contribution in [0.4, 0.5) is 5.13 Å². The summed E-state index contributed by atoms with van der Waals surface area (Å²) in [6, 6.07) is 9.99. The van der Waals surface area contributed by atoms with Crippen molar-refractivity contribution < 1.29 is 13.2 Å². The lowest BCUT2D eigenvalue weighted by Crippen LogP contribution is -2.55. The molecule has 1 saturated heterocycles. The average molecular weight is 380 g/mol. The molecule has 1 aromatic carbocycles. The zero-order valence-electron chi connectivity index (χ0n) is 14.0. The van der Waals surface area contributed by atoms with Crippen molar-refractivity contribution >= 4 is 32.2 Å². The highest BCUT2D eigenvalue weighted by Crippen LogP contribution is 2.30. The number of rotatable bonds is 5. The molecule has 25 heavy (non-hydrogen) atoms. The second-order valence-corrected chi connectivity index (χ2v) is 9.71. The molecular formula is C17H21N3O3S2. The highest BCUT2D eigenvalue weighted by molar-refractivity contribution is 7.92. The number of hydrogen-bond donors (Lipinski definition) is 2. The summed E-state index contributed by atoms with van der Waals surface area (Å²) in [5.74, 6) is -0.475. The van der Waals surface area contributed by atoms with Crippen molar-refractivity contribution in [2.75, 3.05) is 24.7 Å². The number of amides is 1. The normalized spacial score (nSPS) is 17.2. The molecule has 0 unspecified atom stereocenters. The monoisotopic (exact) mass is 379 g/mol. The Kier molecular flexibility index (Phi) is 5.21. The van der Waals surface area contributed by atoms with Crippen LogP contribution < -0.4 is 10.6 Å². The third-order valence-electron chi connectivity index (χ3n) is 4.53. The maximum Gasteiger partial charge on any atom is 0.247 e. The Bertz CT molecular complexity index is 841. The number of aromatic nitrogens is 1. The van der Waals surface area contributed by atoms with Crippen LogP contribution in [-0.4, -0.2) is 43.4 Å². The fraction of sp³-hybridized carbons (Fsp3) is 0.412. The zero-order valence-corrected chi connectivity index (χ0v) is 15.6. The highest BCUT2D eigenvalue weighted by Gasteiger charge is 2.48. The second kappa shape index (κ2) is 7.23. The second-order valence-electron chi connectivity index (χ2n) is 6.26. The van der Waals surface area contributed by atoms with Crippen molar-refractivity contribution in [3.8, 4) is 0 Å². The summed E-state index contributed by atoms with van der Waals surface area (Å²) in [6.07, 6.45) is 4.15. The van der Waals surface area contributed by atoms with Crippen molar-refractivity contribution in [1.82, 2.24) is 10.3 Å². The quantitative estimate of drug-likeness (QED) is 0.828. The minimum atomic E-state index is -3.52. The Morgan fingerprint density at radius 2 is 1.96 bits per heavy atom. The van der Waals surface area contributed by atoms with Crippen LogP contribution in [0, 0.1) is 0 Å². The smallest absolute Gasteiger partial charge is 0.247 e. The number of thiazole rings is 1. The predicted octanol–water partition coefficient (Wildman–Crippen LogP) is 1.84. The molecule has 0 radical (unpaired) electrons. The molecule has 1 aliphatic rings. The molecule has 8 heteroatoms. The van der Waals surface area contributed by atoms with Gasteiger partial charge in [0, 0.05) is 23.8 Å². The topological polar surface area (TPSA) is 88.2 Å². The molecule has 2 heterocycles. The van der Waals surface area contributed by atoms with Gasteiger partial charge in [-0.3, -0.25) is 4.79 Å². The maximum atomic E-state index is 12.8. The van der Waals surface area contributed by atoms with E-state index in [9.17, 15) is 13.2 Å². The van der Waals surface area contributed by atoms with E-state index in [1.807, 2.05) is 30.3 Å². The lowest BCUT2D eigenvalue weighted by Gasteiger charge is -2.33. The molecule has 3 rings (SSSR count). The Balaban J connectivity index is 1.74. The minimum Gasteiger partial charge on any atom is -0.317 e. The predicted molar refractivity (Wildman–Crippen MR) is 99.7 cm³/mol. The number of nitrogens with one attached hydrogen (secondary N) is 2. The SMILES string of the molecule is CS(=O)(=O)C1(C(=O)Nc2ncc(Cc3ccccc3)s2)CCNCC1. The Morgan fingerprint density at radius 3 is 2.60 bits per heavy atom. The molecule has 0 atom stereocenters. The van der Waals surface area contributed by atoms with Crippen molar-refractivity contribution in [1.29, 1.82) is 0 Å². The molecule has 0 bridgehead atoms. The van der Waals surface area contributed by atoms with Crippen LogP contribution in [0.1, 0.15) is 23.3 Å². The van der Waals surface area contributed by atoms with Gasteiger partial charge < -0.3 is 10.6 Å². The molecule has 0 saturated carbocycles. The Labute approximate surface area is 151 Å². The first-order valence-electron chi connectivity index (χ1n) is 8.11. The molecule has 2 N–H and O–H groups in total. The number of hydrogen-bond acceptors (Lipinski definition) is 6. The lowest BCUT2D eigenvalue weighted by molar-refractivity contribution is -0.119.